The van der Waals surface area contributed by atoms with Gasteiger partial charge in [-0.25, -0.2) is 8.78 Å². The number of aliphatic hydroxyl groups excluding tert-OH is 1. The molecular weight excluding hydrogens is 248 g/mol. The van der Waals surface area contributed by atoms with Gasteiger partial charge in [-0.3, -0.25) is 0 Å². The van der Waals surface area contributed by atoms with Gasteiger partial charge in [0.1, 0.15) is 11.6 Å². The maximum absolute atomic E-state index is 13.7. The van der Waals surface area contributed by atoms with E-state index in [-0.39, 0.29) is 30.2 Å². The third-order valence-corrected chi connectivity index (χ3v) is 3.38. The number of benzene rings is 1. The highest BCUT2D eigenvalue weighted by Crippen LogP contribution is 2.20. The SMILES string of the molecule is Cc1cc(F)c(C(C)NCCCC(C)CO)cc1F. The van der Waals surface area contributed by atoms with Crippen LogP contribution in [-0.4, -0.2) is 18.3 Å². The van der Waals surface area contributed by atoms with Crippen LogP contribution in [0.4, 0.5) is 8.78 Å². The molecule has 0 fully saturated rings. The van der Waals surface area contributed by atoms with Crippen LogP contribution in [0.1, 0.15) is 43.9 Å². The Balaban J connectivity index is 2.50. The Labute approximate surface area is 113 Å². The van der Waals surface area contributed by atoms with Crippen LogP contribution in [0.5, 0.6) is 0 Å². The quantitative estimate of drug-likeness (QED) is 0.746. The summed E-state index contributed by atoms with van der Waals surface area (Å²) in [5, 5.41) is 12.1. The van der Waals surface area contributed by atoms with Crippen molar-refractivity contribution in [3.05, 3.63) is 34.9 Å². The van der Waals surface area contributed by atoms with E-state index in [1.807, 2.05) is 13.8 Å². The van der Waals surface area contributed by atoms with E-state index in [1.165, 1.54) is 12.1 Å². The van der Waals surface area contributed by atoms with Gasteiger partial charge in [0, 0.05) is 18.2 Å². The Morgan fingerprint density at radius 1 is 1.21 bits per heavy atom. The molecule has 0 bridgehead atoms. The van der Waals surface area contributed by atoms with Crippen molar-refractivity contribution >= 4 is 0 Å². The maximum atomic E-state index is 13.7. The van der Waals surface area contributed by atoms with Crippen molar-refractivity contribution in [2.75, 3.05) is 13.2 Å². The first-order valence-electron chi connectivity index (χ1n) is 6.75. The van der Waals surface area contributed by atoms with E-state index in [1.54, 1.807) is 6.92 Å². The van der Waals surface area contributed by atoms with Crippen LogP contribution in [0.3, 0.4) is 0 Å². The number of aliphatic hydroxyl groups is 1. The maximum Gasteiger partial charge on any atom is 0.128 e. The fourth-order valence-electron chi connectivity index (χ4n) is 1.96. The van der Waals surface area contributed by atoms with Gasteiger partial charge in [-0.2, -0.15) is 0 Å². The van der Waals surface area contributed by atoms with Crippen molar-refractivity contribution in [3.8, 4) is 0 Å². The lowest BCUT2D eigenvalue weighted by Crippen LogP contribution is -2.21. The number of nitrogens with one attached hydrogen (secondary N) is 1. The second-order valence-corrected chi connectivity index (χ2v) is 5.23. The minimum atomic E-state index is -0.376. The third kappa shape index (κ3) is 4.88. The van der Waals surface area contributed by atoms with E-state index in [0.29, 0.717) is 11.1 Å². The number of halogens is 2. The molecule has 0 aliphatic rings. The smallest absolute Gasteiger partial charge is 0.128 e. The zero-order valence-electron chi connectivity index (χ0n) is 11.8. The summed E-state index contributed by atoms with van der Waals surface area (Å²) in [6.07, 6.45) is 1.82. The zero-order chi connectivity index (χ0) is 14.4. The molecule has 0 aromatic heterocycles. The standard InChI is InChI=1S/C15H23F2NO/c1-10(9-19)5-4-6-18-12(3)13-8-14(16)11(2)7-15(13)17/h7-8,10,12,18-19H,4-6,9H2,1-3H3. The molecule has 2 N–H and O–H groups in total. The van der Waals surface area contributed by atoms with E-state index < -0.39 is 0 Å². The largest absolute Gasteiger partial charge is 0.396 e. The zero-order valence-corrected chi connectivity index (χ0v) is 11.8. The lowest BCUT2D eigenvalue weighted by molar-refractivity contribution is 0.227. The number of aryl methyl sites for hydroxylation is 1. The fraction of sp³-hybridized carbons (Fsp3) is 0.600. The van der Waals surface area contributed by atoms with E-state index in [4.69, 9.17) is 5.11 Å². The molecule has 1 rings (SSSR count). The highest BCUT2D eigenvalue weighted by molar-refractivity contribution is 5.27. The highest BCUT2D eigenvalue weighted by atomic mass is 19.1. The molecule has 0 aliphatic carbocycles. The molecule has 4 heteroatoms. The Hall–Kier alpha value is -1.00. The third-order valence-electron chi connectivity index (χ3n) is 3.38. The molecule has 1 aromatic rings. The van der Waals surface area contributed by atoms with E-state index in [9.17, 15) is 8.78 Å². The predicted molar refractivity (Wildman–Crippen MR) is 73.0 cm³/mol. The van der Waals surface area contributed by atoms with E-state index in [2.05, 4.69) is 5.32 Å². The number of hydrogen-bond donors (Lipinski definition) is 2. The molecule has 19 heavy (non-hydrogen) atoms. The van der Waals surface area contributed by atoms with Gasteiger partial charge >= 0.3 is 0 Å². The molecule has 2 unspecified atom stereocenters. The summed E-state index contributed by atoms with van der Waals surface area (Å²) < 4.78 is 27.2. The monoisotopic (exact) mass is 271 g/mol. The van der Waals surface area contributed by atoms with Crippen LogP contribution in [0, 0.1) is 24.5 Å². The van der Waals surface area contributed by atoms with Crippen molar-refractivity contribution in [1.82, 2.24) is 5.32 Å². The van der Waals surface area contributed by atoms with Crippen molar-refractivity contribution in [2.24, 2.45) is 5.92 Å². The molecule has 0 spiro atoms. The fourth-order valence-corrected chi connectivity index (χ4v) is 1.96. The Morgan fingerprint density at radius 2 is 1.89 bits per heavy atom. The summed E-state index contributed by atoms with van der Waals surface area (Å²) in [5.74, 6) is -0.466. The number of hydrogen-bond acceptors (Lipinski definition) is 2. The van der Waals surface area contributed by atoms with Crippen LogP contribution in [0.15, 0.2) is 12.1 Å². The lowest BCUT2D eigenvalue weighted by Gasteiger charge is -2.16. The van der Waals surface area contributed by atoms with Crippen molar-refractivity contribution in [2.45, 2.75) is 39.7 Å². The van der Waals surface area contributed by atoms with Gasteiger partial charge in [-0.05, 0) is 56.8 Å². The summed E-state index contributed by atoms with van der Waals surface area (Å²) in [5.41, 5.74) is 0.684. The molecule has 0 saturated heterocycles. The second-order valence-electron chi connectivity index (χ2n) is 5.23. The molecule has 108 valence electrons. The van der Waals surface area contributed by atoms with Gasteiger partial charge in [-0.15, -0.1) is 0 Å². The molecule has 0 saturated carbocycles. The van der Waals surface area contributed by atoms with Crippen LogP contribution in [0.25, 0.3) is 0 Å². The molecule has 0 heterocycles. The summed E-state index contributed by atoms with van der Waals surface area (Å²) >= 11 is 0. The Bertz CT molecular complexity index is 409. The molecule has 2 nitrogen and oxygen atoms in total. The minimum Gasteiger partial charge on any atom is -0.396 e. The van der Waals surface area contributed by atoms with Crippen LogP contribution in [0.2, 0.25) is 0 Å². The highest BCUT2D eigenvalue weighted by Gasteiger charge is 2.13. The van der Waals surface area contributed by atoms with Gasteiger partial charge in [0.25, 0.3) is 0 Å². The van der Waals surface area contributed by atoms with Crippen LogP contribution >= 0.6 is 0 Å². The first kappa shape index (κ1) is 16.1. The first-order valence-corrected chi connectivity index (χ1v) is 6.75. The molecule has 0 amide bonds. The summed E-state index contributed by atoms with van der Waals surface area (Å²) in [7, 11) is 0. The molecule has 1 aromatic carbocycles. The topological polar surface area (TPSA) is 32.3 Å². The van der Waals surface area contributed by atoms with Gasteiger partial charge in [0.15, 0.2) is 0 Å². The average molecular weight is 271 g/mol. The van der Waals surface area contributed by atoms with Gasteiger partial charge in [0.05, 0.1) is 0 Å². The van der Waals surface area contributed by atoms with Crippen molar-refractivity contribution in [3.63, 3.8) is 0 Å². The second kappa shape index (κ2) is 7.56. The van der Waals surface area contributed by atoms with Crippen molar-refractivity contribution in [1.29, 1.82) is 0 Å². The van der Waals surface area contributed by atoms with Gasteiger partial charge in [0.2, 0.25) is 0 Å². The first-order chi connectivity index (χ1) is 8.95. The number of rotatable bonds is 7. The van der Waals surface area contributed by atoms with E-state index >= 15 is 0 Å². The van der Waals surface area contributed by atoms with Crippen LogP contribution < -0.4 is 5.32 Å². The molecule has 0 radical (unpaired) electrons. The van der Waals surface area contributed by atoms with Gasteiger partial charge in [-0.1, -0.05) is 6.92 Å². The lowest BCUT2D eigenvalue weighted by atomic mass is 10.0. The van der Waals surface area contributed by atoms with Crippen LogP contribution in [-0.2, 0) is 0 Å². The Kier molecular flexibility index (Phi) is 6.38. The van der Waals surface area contributed by atoms with Crippen molar-refractivity contribution < 1.29 is 13.9 Å². The summed E-state index contributed by atoms with van der Waals surface area (Å²) in [6.45, 7) is 6.27. The summed E-state index contributed by atoms with van der Waals surface area (Å²) in [6, 6.07) is 2.27. The van der Waals surface area contributed by atoms with E-state index in [0.717, 1.165) is 19.4 Å². The average Bonchev–Trinajstić information content (AvgIpc) is 2.38. The predicted octanol–water partition coefficient (Wildman–Crippen LogP) is 3.33. The molecular formula is C15H23F2NO. The summed E-state index contributed by atoms with van der Waals surface area (Å²) in [4.78, 5) is 0. The molecule has 0 aliphatic heterocycles. The normalized spacial score (nSPS) is 14.4. The Morgan fingerprint density at radius 3 is 2.53 bits per heavy atom. The molecule has 2 atom stereocenters. The van der Waals surface area contributed by atoms with Gasteiger partial charge < -0.3 is 10.4 Å². The minimum absolute atomic E-state index is 0.188.